The van der Waals surface area contributed by atoms with Gasteiger partial charge in [-0.25, -0.2) is 0 Å². The molecule has 11 heteroatoms. The zero-order valence-corrected chi connectivity index (χ0v) is 23.1. The highest BCUT2D eigenvalue weighted by molar-refractivity contribution is 8.02. The van der Waals surface area contributed by atoms with Crippen molar-refractivity contribution in [3.8, 4) is 0 Å². The van der Waals surface area contributed by atoms with Gasteiger partial charge in [-0.15, -0.1) is 11.8 Å². The number of hydrogen-bond donors (Lipinski definition) is 1. The van der Waals surface area contributed by atoms with Crippen molar-refractivity contribution in [2.45, 2.75) is 69.8 Å². The molecule has 1 unspecified atom stereocenters. The van der Waals surface area contributed by atoms with E-state index in [4.69, 9.17) is 18.9 Å². The molecule has 1 aliphatic rings. The largest absolute Gasteiger partial charge is 0.379 e. The Kier molecular flexibility index (Phi) is 16.9. The maximum Gasteiger partial charge on any atom is 0.242 e. The van der Waals surface area contributed by atoms with Gasteiger partial charge in [-0.05, 0) is 6.42 Å². The number of likely N-dealkylation sites (tertiary alicyclic amines) is 1. The second-order valence-corrected chi connectivity index (χ2v) is 10.9. The maximum atomic E-state index is 12.5. The highest BCUT2D eigenvalue weighted by atomic mass is 32.2. The summed E-state index contributed by atoms with van der Waals surface area (Å²) < 4.78 is 21.4. The summed E-state index contributed by atoms with van der Waals surface area (Å²) in [4.78, 5) is 49.1. The van der Waals surface area contributed by atoms with Crippen molar-refractivity contribution in [2.24, 2.45) is 0 Å². The van der Waals surface area contributed by atoms with Crippen LogP contribution in [0.2, 0.25) is 0 Å². The number of carbonyl (C=O) groups is 4. The predicted octanol–water partition coefficient (Wildman–Crippen LogP) is 1.98. The van der Waals surface area contributed by atoms with Crippen LogP contribution in [0.15, 0.2) is 0 Å². The molecule has 0 bridgehead atoms. The van der Waals surface area contributed by atoms with E-state index in [2.05, 4.69) is 26.1 Å². The first-order valence-electron chi connectivity index (χ1n) is 12.8. The van der Waals surface area contributed by atoms with E-state index >= 15 is 0 Å². The highest BCUT2D eigenvalue weighted by Gasteiger charge is 2.41. The van der Waals surface area contributed by atoms with E-state index in [1.54, 1.807) is 0 Å². The van der Waals surface area contributed by atoms with Crippen molar-refractivity contribution in [1.82, 2.24) is 10.2 Å². The quantitative estimate of drug-likeness (QED) is 0.165. The minimum Gasteiger partial charge on any atom is -0.379 e. The van der Waals surface area contributed by atoms with E-state index in [9.17, 15) is 19.2 Å². The Bertz CT molecular complexity index is 689. The van der Waals surface area contributed by atoms with Crippen LogP contribution < -0.4 is 5.32 Å². The zero-order chi connectivity index (χ0) is 26.8. The summed E-state index contributed by atoms with van der Waals surface area (Å²) in [5.74, 6) is -0.430. The summed E-state index contributed by atoms with van der Waals surface area (Å²) >= 11 is 1.53. The molecule has 0 aromatic carbocycles. The van der Waals surface area contributed by atoms with Crippen LogP contribution in [-0.4, -0.2) is 104 Å². The summed E-state index contributed by atoms with van der Waals surface area (Å²) in [6, 6.07) is 0. The Morgan fingerprint density at radius 2 is 1.47 bits per heavy atom. The first-order valence-corrected chi connectivity index (χ1v) is 13.7. The predicted molar refractivity (Wildman–Crippen MR) is 138 cm³/mol. The van der Waals surface area contributed by atoms with Gasteiger partial charge in [-0.3, -0.25) is 24.1 Å². The fraction of sp³-hybridized carbons (Fsp3) is 0.840. The molecule has 0 spiro atoms. The SMILES string of the molecule is CCC(=O)CCOCCOCCOCCOCCNC(=O)CCN1C(=O)CC(SC(C)(C)CC)C1=O. The van der Waals surface area contributed by atoms with Crippen LogP contribution in [0, 0.1) is 0 Å². The summed E-state index contributed by atoms with van der Waals surface area (Å²) in [6.07, 6.45) is 2.17. The van der Waals surface area contributed by atoms with E-state index in [1.165, 1.54) is 16.7 Å². The topological polar surface area (TPSA) is 120 Å². The molecule has 36 heavy (non-hydrogen) atoms. The van der Waals surface area contributed by atoms with Gasteiger partial charge >= 0.3 is 0 Å². The number of amides is 3. The Morgan fingerprint density at radius 3 is 2.03 bits per heavy atom. The molecule has 0 aliphatic carbocycles. The molecule has 3 amide bonds. The van der Waals surface area contributed by atoms with Gasteiger partial charge in [0.15, 0.2) is 0 Å². The number of rotatable bonds is 22. The smallest absolute Gasteiger partial charge is 0.242 e. The van der Waals surface area contributed by atoms with Crippen molar-refractivity contribution in [3.05, 3.63) is 0 Å². The Morgan fingerprint density at radius 1 is 0.917 bits per heavy atom. The average Bonchev–Trinajstić information content (AvgIpc) is 3.11. The molecule has 1 heterocycles. The Balaban J connectivity index is 1.96. The fourth-order valence-corrected chi connectivity index (χ4v) is 4.53. The van der Waals surface area contributed by atoms with E-state index < -0.39 is 0 Å². The Hall–Kier alpha value is -1.53. The number of thioether (sulfide) groups is 1. The third-order valence-corrected chi connectivity index (χ3v) is 7.26. The summed E-state index contributed by atoms with van der Waals surface area (Å²) in [5, 5.41) is 2.37. The van der Waals surface area contributed by atoms with Crippen molar-refractivity contribution in [3.63, 3.8) is 0 Å². The molecule has 1 aliphatic heterocycles. The van der Waals surface area contributed by atoms with Gasteiger partial charge in [-0.2, -0.15) is 0 Å². The molecule has 0 saturated carbocycles. The Labute approximate surface area is 219 Å². The lowest BCUT2D eigenvalue weighted by atomic mass is 10.1. The van der Waals surface area contributed by atoms with Crippen molar-refractivity contribution >= 4 is 35.3 Å². The van der Waals surface area contributed by atoms with Gasteiger partial charge in [-0.1, -0.05) is 27.7 Å². The number of imide groups is 1. The molecular formula is C25H44N2O8S. The first kappa shape index (κ1) is 32.5. The number of ketones is 1. The minimum absolute atomic E-state index is 0.0695. The van der Waals surface area contributed by atoms with Crippen LogP contribution in [0.1, 0.15) is 59.8 Å². The van der Waals surface area contributed by atoms with Gasteiger partial charge in [0, 0.05) is 43.5 Å². The van der Waals surface area contributed by atoms with Crippen LogP contribution in [0.25, 0.3) is 0 Å². The summed E-state index contributed by atoms with van der Waals surface area (Å²) in [5.41, 5.74) is 0. The number of ether oxygens (including phenoxy) is 4. The maximum absolute atomic E-state index is 12.5. The zero-order valence-electron chi connectivity index (χ0n) is 22.3. The van der Waals surface area contributed by atoms with Gasteiger partial charge in [0.25, 0.3) is 0 Å². The standard InChI is InChI=1S/C25H44N2O8S/c1-5-20(28)8-11-32-13-15-34-17-18-35-16-14-33-12-9-26-22(29)7-10-27-23(30)19-21(24(27)31)36-25(3,4)6-2/h21H,5-19H2,1-4H3,(H,26,29). The molecule has 1 atom stereocenters. The molecule has 208 valence electrons. The van der Waals surface area contributed by atoms with Crippen molar-refractivity contribution in [2.75, 3.05) is 65.9 Å². The normalized spacial score (nSPS) is 16.1. The first-order chi connectivity index (χ1) is 17.2. The molecule has 1 rings (SSSR count). The third kappa shape index (κ3) is 14.3. The molecular weight excluding hydrogens is 488 g/mol. The molecule has 1 N–H and O–H groups in total. The van der Waals surface area contributed by atoms with Gasteiger partial charge in [0.05, 0.1) is 58.1 Å². The average molecular weight is 533 g/mol. The lowest BCUT2D eigenvalue weighted by Gasteiger charge is -2.24. The van der Waals surface area contributed by atoms with Gasteiger partial charge in [0.1, 0.15) is 5.78 Å². The number of carbonyl (C=O) groups excluding carboxylic acids is 4. The van der Waals surface area contributed by atoms with Crippen LogP contribution in [0.5, 0.6) is 0 Å². The number of Topliss-reactive ketones (excluding diaryl/α,β-unsaturated/α-hetero) is 1. The summed E-state index contributed by atoms with van der Waals surface area (Å²) in [6.45, 7) is 11.9. The molecule has 0 aromatic heterocycles. The van der Waals surface area contributed by atoms with Crippen LogP contribution in [0.4, 0.5) is 0 Å². The summed E-state index contributed by atoms with van der Waals surface area (Å²) in [7, 11) is 0. The fourth-order valence-electron chi connectivity index (χ4n) is 3.14. The monoisotopic (exact) mass is 532 g/mol. The van der Waals surface area contributed by atoms with E-state index in [-0.39, 0.29) is 52.9 Å². The molecule has 1 fully saturated rings. The van der Waals surface area contributed by atoms with Crippen molar-refractivity contribution in [1.29, 1.82) is 0 Å². The molecule has 10 nitrogen and oxygen atoms in total. The van der Waals surface area contributed by atoms with E-state index in [1.807, 2.05) is 6.92 Å². The number of nitrogens with zero attached hydrogens (tertiary/aromatic N) is 1. The van der Waals surface area contributed by atoms with Crippen molar-refractivity contribution < 1.29 is 38.1 Å². The number of nitrogens with one attached hydrogen (secondary N) is 1. The van der Waals surface area contributed by atoms with Crippen LogP contribution in [-0.2, 0) is 38.1 Å². The minimum atomic E-state index is -0.361. The van der Waals surface area contributed by atoms with Gasteiger partial charge < -0.3 is 24.3 Å². The van der Waals surface area contributed by atoms with E-state index in [0.717, 1.165) is 6.42 Å². The van der Waals surface area contributed by atoms with Gasteiger partial charge in [0.2, 0.25) is 17.7 Å². The second-order valence-electron chi connectivity index (χ2n) is 9.00. The molecule has 1 saturated heterocycles. The molecule has 0 radical (unpaired) electrons. The third-order valence-electron chi connectivity index (χ3n) is 5.68. The lowest BCUT2D eigenvalue weighted by molar-refractivity contribution is -0.138. The van der Waals surface area contributed by atoms with Crippen LogP contribution in [0.3, 0.4) is 0 Å². The van der Waals surface area contributed by atoms with Crippen LogP contribution >= 0.6 is 11.8 Å². The highest BCUT2D eigenvalue weighted by Crippen LogP contribution is 2.36. The van der Waals surface area contributed by atoms with E-state index in [0.29, 0.717) is 72.2 Å². The molecule has 0 aromatic rings. The number of hydrogen-bond acceptors (Lipinski definition) is 9. The lowest BCUT2D eigenvalue weighted by Crippen LogP contribution is -2.36. The second kappa shape index (κ2) is 18.7.